The lowest BCUT2D eigenvalue weighted by Crippen LogP contribution is -2.30. The van der Waals surface area contributed by atoms with Crippen molar-refractivity contribution in [3.05, 3.63) is 12.2 Å². The van der Waals surface area contributed by atoms with Gasteiger partial charge in [-0.15, -0.1) is 0 Å². The lowest BCUT2D eigenvalue weighted by Gasteiger charge is -2.18. The summed E-state index contributed by atoms with van der Waals surface area (Å²) in [5, 5.41) is 0. The van der Waals surface area contributed by atoms with Gasteiger partial charge in [-0.1, -0.05) is 270 Å². The highest BCUT2D eigenvalue weighted by Crippen LogP contribution is 2.17. The lowest BCUT2D eigenvalue weighted by atomic mass is 10.0. The fourth-order valence-electron chi connectivity index (χ4n) is 8.68. The molecule has 0 heterocycles. The van der Waals surface area contributed by atoms with E-state index < -0.39 is 6.10 Å². The number of hydrogen-bond donors (Lipinski definition) is 0. The van der Waals surface area contributed by atoms with Crippen molar-refractivity contribution >= 4 is 17.9 Å². The van der Waals surface area contributed by atoms with Crippen molar-refractivity contribution in [1.82, 2.24) is 0 Å². The number of unbranched alkanes of at least 4 members (excludes halogenated alkanes) is 40. The number of carbonyl (C=O) groups is 3. The van der Waals surface area contributed by atoms with Gasteiger partial charge in [0.25, 0.3) is 0 Å². The largest absolute Gasteiger partial charge is 0.462 e. The van der Waals surface area contributed by atoms with Gasteiger partial charge in [0.05, 0.1) is 0 Å². The molecule has 0 aliphatic heterocycles. The lowest BCUT2D eigenvalue weighted by molar-refractivity contribution is -0.167. The molecular weight excluding hydrogens is 793 g/mol. The highest BCUT2D eigenvalue weighted by Gasteiger charge is 2.19. The Labute approximate surface area is 399 Å². The Balaban J connectivity index is 4.01. The van der Waals surface area contributed by atoms with E-state index in [0.717, 1.165) is 64.2 Å². The minimum atomic E-state index is -0.766. The van der Waals surface area contributed by atoms with Gasteiger partial charge in [0.1, 0.15) is 13.2 Å². The molecule has 6 nitrogen and oxygen atoms in total. The molecule has 1 unspecified atom stereocenters. The molecule has 0 radical (unpaired) electrons. The first-order valence-corrected chi connectivity index (χ1v) is 28.7. The Morgan fingerprint density at radius 3 is 0.781 bits per heavy atom. The predicted molar refractivity (Wildman–Crippen MR) is 275 cm³/mol. The van der Waals surface area contributed by atoms with Crippen molar-refractivity contribution in [2.24, 2.45) is 0 Å². The molecule has 1 atom stereocenters. The molecule has 0 saturated carbocycles. The summed E-state index contributed by atoms with van der Waals surface area (Å²) in [4.78, 5) is 37.8. The molecule has 0 N–H and O–H groups in total. The van der Waals surface area contributed by atoms with Crippen LogP contribution in [0.4, 0.5) is 0 Å². The molecule has 0 aliphatic rings. The molecule has 0 aliphatic carbocycles. The maximum absolute atomic E-state index is 12.7. The Morgan fingerprint density at radius 2 is 0.516 bits per heavy atom. The first-order chi connectivity index (χ1) is 31.5. The van der Waals surface area contributed by atoms with Crippen LogP contribution in [-0.2, 0) is 28.6 Å². The molecule has 64 heavy (non-hydrogen) atoms. The quantitative estimate of drug-likeness (QED) is 0.0262. The molecule has 0 rings (SSSR count). The normalized spacial score (nSPS) is 12.0. The Hall–Kier alpha value is -1.85. The van der Waals surface area contributed by atoms with Crippen LogP contribution in [0.1, 0.15) is 323 Å². The summed E-state index contributed by atoms with van der Waals surface area (Å²) in [7, 11) is 0. The summed E-state index contributed by atoms with van der Waals surface area (Å²) in [6.45, 7) is 6.61. The topological polar surface area (TPSA) is 78.9 Å². The van der Waals surface area contributed by atoms with Gasteiger partial charge < -0.3 is 14.2 Å². The van der Waals surface area contributed by atoms with E-state index in [9.17, 15) is 14.4 Å². The SMILES string of the molecule is CCCCCCC/C=C\CCCCCCCC(=O)OC(COC(=O)CCCCCCCC)COC(=O)CCCCCCCCCCCCCCCCCCCCCCCCCCCC. The highest BCUT2D eigenvalue weighted by molar-refractivity contribution is 5.71. The van der Waals surface area contributed by atoms with Crippen molar-refractivity contribution in [3.63, 3.8) is 0 Å². The molecule has 0 aromatic carbocycles. The number of rotatable bonds is 53. The van der Waals surface area contributed by atoms with Gasteiger partial charge in [-0.05, 0) is 44.9 Å². The third-order valence-electron chi connectivity index (χ3n) is 13.0. The van der Waals surface area contributed by atoms with Crippen molar-refractivity contribution in [1.29, 1.82) is 0 Å². The Morgan fingerprint density at radius 1 is 0.297 bits per heavy atom. The van der Waals surface area contributed by atoms with E-state index in [-0.39, 0.29) is 31.1 Å². The van der Waals surface area contributed by atoms with Crippen molar-refractivity contribution in [3.8, 4) is 0 Å². The maximum atomic E-state index is 12.7. The van der Waals surface area contributed by atoms with Gasteiger partial charge in [-0.2, -0.15) is 0 Å². The molecule has 378 valence electrons. The minimum Gasteiger partial charge on any atom is -0.462 e. The van der Waals surface area contributed by atoms with Gasteiger partial charge >= 0.3 is 17.9 Å². The van der Waals surface area contributed by atoms with E-state index in [1.807, 2.05) is 0 Å². The predicted octanol–water partition coefficient (Wildman–Crippen LogP) is 18.9. The molecule has 6 heteroatoms. The van der Waals surface area contributed by atoms with Crippen LogP contribution in [0.15, 0.2) is 12.2 Å². The maximum Gasteiger partial charge on any atom is 0.306 e. The highest BCUT2D eigenvalue weighted by atomic mass is 16.6. The number of allylic oxidation sites excluding steroid dienone is 2. The fourth-order valence-corrected chi connectivity index (χ4v) is 8.68. The molecule has 0 amide bonds. The second-order valence-corrected chi connectivity index (χ2v) is 19.6. The zero-order valence-electron chi connectivity index (χ0n) is 43.3. The van der Waals surface area contributed by atoms with Gasteiger partial charge in [-0.3, -0.25) is 14.4 Å². The second-order valence-electron chi connectivity index (χ2n) is 19.6. The number of hydrogen-bond acceptors (Lipinski definition) is 6. The van der Waals surface area contributed by atoms with Gasteiger partial charge in [0, 0.05) is 19.3 Å². The summed E-state index contributed by atoms with van der Waals surface area (Å²) < 4.78 is 16.7. The van der Waals surface area contributed by atoms with Crippen molar-refractivity contribution in [2.45, 2.75) is 329 Å². The first-order valence-electron chi connectivity index (χ1n) is 28.7. The molecule has 0 spiro atoms. The van der Waals surface area contributed by atoms with Crippen LogP contribution in [0, 0.1) is 0 Å². The summed E-state index contributed by atoms with van der Waals surface area (Å²) >= 11 is 0. The Kier molecular flexibility index (Phi) is 52.2. The van der Waals surface area contributed by atoms with Crippen LogP contribution in [0.5, 0.6) is 0 Å². The monoisotopic (exact) mass is 903 g/mol. The molecule has 0 bridgehead atoms. The first kappa shape index (κ1) is 62.1. The van der Waals surface area contributed by atoms with E-state index in [1.54, 1.807) is 0 Å². The smallest absolute Gasteiger partial charge is 0.306 e. The molecule has 0 aromatic rings. The summed E-state index contributed by atoms with van der Waals surface area (Å²) in [5.74, 6) is -0.869. The van der Waals surface area contributed by atoms with Gasteiger partial charge in [-0.25, -0.2) is 0 Å². The third kappa shape index (κ3) is 51.1. The summed E-state index contributed by atoms with van der Waals surface area (Å²) in [6.07, 6.45) is 61.1. The molecular formula is C58H110O6. The van der Waals surface area contributed by atoms with Crippen LogP contribution >= 0.6 is 0 Å². The number of esters is 3. The zero-order valence-corrected chi connectivity index (χ0v) is 43.3. The van der Waals surface area contributed by atoms with Gasteiger partial charge in [0.15, 0.2) is 6.10 Å². The van der Waals surface area contributed by atoms with Crippen molar-refractivity contribution < 1.29 is 28.6 Å². The van der Waals surface area contributed by atoms with Crippen molar-refractivity contribution in [2.75, 3.05) is 13.2 Å². The van der Waals surface area contributed by atoms with Crippen LogP contribution < -0.4 is 0 Å². The second kappa shape index (κ2) is 53.8. The zero-order chi connectivity index (χ0) is 46.5. The Bertz CT molecular complexity index is 993. The minimum absolute atomic E-state index is 0.0688. The van der Waals surface area contributed by atoms with Crippen LogP contribution in [0.2, 0.25) is 0 Å². The van der Waals surface area contributed by atoms with E-state index in [2.05, 4.69) is 32.9 Å². The number of carbonyl (C=O) groups excluding carboxylic acids is 3. The summed E-state index contributed by atoms with van der Waals surface area (Å²) in [6, 6.07) is 0. The molecule has 0 aromatic heterocycles. The molecule has 0 fully saturated rings. The van der Waals surface area contributed by atoms with E-state index >= 15 is 0 Å². The van der Waals surface area contributed by atoms with Gasteiger partial charge in [0.2, 0.25) is 0 Å². The average Bonchev–Trinajstić information content (AvgIpc) is 3.29. The fraction of sp³-hybridized carbons (Fsp3) is 0.914. The van der Waals surface area contributed by atoms with E-state index in [1.165, 1.54) is 218 Å². The molecule has 0 saturated heterocycles. The van der Waals surface area contributed by atoms with Crippen LogP contribution in [-0.4, -0.2) is 37.2 Å². The number of ether oxygens (including phenoxy) is 3. The summed E-state index contributed by atoms with van der Waals surface area (Å²) in [5.41, 5.74) is 0. The van der Waals surface area contributed by atoms with E-state index in [0.29, 0.717) is 19.3 Å². The average molecular weight is 904 g/mol. The standard InChI is InChI=1S/C58H110O6/c1-4-7-10-13-16-18-20-22-24-25-26-27-28-29-30-31-32-33-34-35-37-38-40-42-45-48-51-57(60)63-54-55(53-62-56(59)50-47-44-15-12-9-6-3)64-58(61)52-49-46-43-41-39-36-23-21-19-17-14-11-8-5-2/h21,23,55H,4-20,22,24-54H2,1-3H3/b23-21-. The van der Waals surface area contributed by atoms with Crippen LogP contribution in [0.25, 0.3) is 0 Å². The van der Waals surface area contributed by atoms with E-state index in [4.69, 9.17) is 14.2 Å². The third-order valence-corrected chi connectivity index (χ3v) is 13.0. The van der Waals surface area contributed by atoms with Crippen LogP contribution in [0.3, 0.4) is 0 Å².